The number of aromatic nitrogens is 1. The zero-order chi connectivity index (χ0) is 23.4. The second kappa shape index (κ2) is 10.5. The van der Waals surface area contributed by atoms with E-state index in [9.17, 15) is 5.11 Å². The number of ether oxygens (including phenoxy) is 3. The smallest absolute Gasteiger partial charge is 0.204 e. The highest BCUT2D eigenvalue weighted by Crippen LogP contribution is 2.44. The highest BCUT2D eigenvalue weighted by atomic mass is 35.5. The van der Waals surface area contributed by atoms with Crippen LogP contribution >= 0.6 is 11.6 Å². The Kier molecular flexibility index (Phi) is 7.42. The highest BCUT2D eigenvalue weighted by Gasteiger charge is 2.24. The number of hydrogen-bond donors (Lipinski definition) is 2. The number of rotatable bonds is 8. The van der Waals surface area contributed by atoms with E-state index in [-0.39, 0.29) is 6.10 Å². The molecule has 0 radical (unpaired) electrons. The number of aliphatic hydroxyl groups excluding tert-OH is 1. The standard InChI is InChI=1S/C25H30ClN3O4/c1-31-22-12-21-20(23(32-2)24(22)33-3)11-17(14-27-13-16-6-4-7-18(26)10-16)25(28-21)29-9-5-8-19(30)15-29/h4,6-7,10-12,19,27,30H,5,8-9,13-15H2,1-3H3. The Hall–Kier alpha value is -2.74. The minimum Gasteiger partial charge on any atom is -0.493 e. The molecule has 2 aromatic carbocycles. The van der Waals surface area contributed by atoms with Crippen molar-refractivity contribution in [2.75, 3.05) is 39.3 Å². The van der Waals surface area contributed by atoms with E-state index in [0.717, 1.165) is 52.3 Å². The molecule has 1 aliphatic rings. The third-order valence-corrected chi connectivity index (χ3v) is 6.14. The molecule has 1 fully saturated rings. The lowest BCUT2D eigenvalue weighted by Gasteiger charge is -2.32. The van der Waals surface area contributed by atoms with Crippen molar-refractivity contribution in [3.8, 4) is 17.2 Å². The first-order valence-corrected chi connectivity index (χ1v) is 11.4. The Morgan fingerprint density at radius 2 is 1.91 bits per heavy atom. The summed E-state index contributed by atoms with van der Waals surface area (Å²) < 4.78 is 16.8. The average Bonchev–Trinajstić information content (AvgIpc) is 2.82. The van der Waals surface area contributed by atoms with E-state index in [2.05, 4.69) is 16.3 Å². The van der Waals surface area contributed by atoms with Crippen LogP contribution in [0.15, 0.2) is 36.4 Å². The number of halogens is 1. The van der Waals surface area contributed by atoms with Crippen molar-refractivity contribution in [1.29, 1.82) is 0 Å². The summed E-state index contributed by atoms with van der Waals surface area (Å²) in [6.07, 6.45) is 1.38. The van der Waals surface area contributed by atoms with Crippen LogP contribution in [0, 0.1) is 0 Å². The summed E-state index contributed by atoms with van der Waals surface area (Å²) >= 11 is 6.13. The van der Waals surface area contributed by atoms with Gasteiger partial charge >= 0.3 is 0 Å². The fourth-order valence-electron chi connectivity index (χ4n) is 4.36. The van der Waals surface area contributed by atoms with Gasteiger partial charge in [-0.3, -0.25) is 0 Å². The number of anilines is 1. The van der Waals surface area contributed by atoms with Gasteiger partial charge in [0.25, 0.3) is 0 Å². The fourth-order valence-corrected chi connectivity index (χ4v) is 4.57. The van der Waals surface area contributed by atoms with E-state index in [1.165, 1.54) is 0 Å². The van der Waals surface area contributed by atoms with Gasteiger partial charge in [0, 0.05) is 48.2 Å². The number of methoxy groups -OCH3 is 3. The van der Waals surface area contributed by atoms with E-state index in [1.807, 2.05) is 30.3 Å². The zero-order valence-corrected chi connectivity index (χ0v) is 20.0. The lowest BCUT2D eigenvalue weighted by molar-refractivity contribution is 0.154. The van der Waals surface area contributed by atoms with E-state index in [0.29, 0.717) is 36.9 Å². The molecule has 0 saturated carbocycles. The second-order valence-corrected chi connectivity index (χ2v) is 8.60. The number of β-amino-alcohol motifs (C(OH)–C–C–N with tert-alkyl or cyclic N) is 1. The van der Waals surface area contributed by atoms with Crippen molar-refractivity contribution < 1.29 is 19.3 Å². The van der Waals surface area contributed by atoms with Crippen LogP contribution < -0.4 is 24.4 Å². The van der Waals surface area contributed by atoms with E-state index in [4.69, 9.17) is 30.8 Å². The molecule has 7 nitrogen and oxygen atoms in total. The van der Waals surface area contributed by atoms with E-state index >= 15 is 0 Å². The van der Waals surface area contributed by atoms with Gasteiger partial charge < -0.3 is 29.5 Å². The van der Waals surface area contributed by atoms with Crippen LogP contribution in [0.5, 0.6) is 17.2 Å². The van der Waals surface area contributed by atoms with Gasteiger partial charge in [-0.1, -0.05) is 23.7 Å². The summed E-state index contributed by atoms with van der Waals surface area (Å²) in [7, 11) is 4.80. The van der Waals surface area contributed by atoms with Gasteiger partial charge in [0.15, 0.2) is 11.5 Å². The van der Waals surface area contributed by atoms with Gasteiger partial charge in [-0.15, -0.1) is 0 Å². The first-order chi connectivity index (χ1) is 16.0. The summed E-state index contributed by atoms with van der Waals surface area (Å²) in [5.41, 5.74) is 2.87. The first kappa shape index (κ1) is 23.4. The predicted octanol–water partition coefficient (Wildman–Crippen LogP) is 4.16. The topological polar surface area (TPSA) is 76.1 Å². The molecule has 0 aliphatic carbocycles. The van der Waals surface area contributed by atoms with Gasteiger partial charge in [-0.05, 0) is 36.6 Å². The maximum absolute atomic E-state index is 10.3. The molecular weight excluding hydrogens is 442 g/mol. The molecule has 33 heavy (non-hydrogen) atoms. The lowest BCUT2D eigenvalue weighted by atomic mass is 10.1. The molecule has 8 heteroatoms. The van der Waals surface area contributed by atoms with Crippen LogP contribution in [0.4, 0.5) is 5.82 Å². The minimum atomic E-state index is -0.358. The maximum Gasteiger partial charge on any atom is 0.204 e. The monoisotopic (exact) mass is 471 g/mol. The van der Waals surface area contributed by atoms with Crippen LogP contribution in [-0.2, 0) is 13.1 Å². The molecule has 1 aromatic heterocycles. The van der Waals surface area contributed by atoms with Crippen molar-refractivity contribution in [1.82, 2.24) is 10.3 Å². The fraction of sp³-hybridized carbons (Fsp3) is 0.400. The summed E-state index contributed by atoms with van der Waals surface area (Å²) in [4.78, 5) is 7.16. The van der Waals surface area contributed by atoms with Crippen LogP contribution in [0.2, 0.25) is 5.02 Å². The number of piperidine rings is 1. The average molecular weight is 472 g/mol. The minimum absolute atomic E-state index is 0.358. The largest absolute Gasteiger partial charge is 0.493 e. The molecule has 0 bridgehead atoms. The van der Waals surface area contributed by atoms with Crippen LogP contribution in [0.3, 0.4) is 0 Å². The van der Waals surface area contributed by atoms with Crippen LogP contribution in [-0.4, -0.2) is 50.6 Å². The SMILES string of the molecule is COc1cc2nc(N3CCCC(O)C3)c(CNCc3cccc(Cl)c3)cc2c(OC)c1OC. The molecule has 0 spiro atoms. The number of benzene rings is 2. The first-order valence-electron chi connectivity index (χ1n) is 11.0. The van der Waals surface area contributed by atoms with Crippen molar-refractivity contribution in [3.63, 3.8) is 0 Å². The molecule has 0 amide bonds. The Morgan fingerprint density at radius 3 is 2.61 bits per heavy atom. The molecule has 1 aliphatic heterocycles. The number of hydrogen-bond acceptors (Lipinski definition) is 7. The van der Waals surface area contributed by atoms with Crippen LogP contribution in [0.1, 0.15) is 24.0 Å². The predicted molar refractivity (Wildman–Crippen MR) is 131 cm³/mol. The number of aliphatic hydroxyl groups is 1. The van der Waals surface area contributed by atoms with Crippen LogP contribution in [0.25, 0.3) is 10.9 Å². The van der Waals surface area contributed by atoms with Gasteiger partial charge in [0.2, 0.25) is 5.75 Å². The third kappa shape index (κ3) is 5.11. The number of fused-ring (bicyclic) bond motifs is 1. The molecule has 1 atom stereocenters. The lowest BCUT2D eigenvalue weighted by Crippen LogP contribution is -2.39. The molecule has 2 heterocycles. The molecular formula is C25H30ClN3O4. The Labute approximate surface area is 199 Å². The second-order valence-electron chi connectivity index (χ2n) is 8.16. The van der Waals surface area contributed by atoms with Crippen molar-refractivity contribution >= 4 is 28.3 Å². The third-order valence-electron chi connectivity index (χ3n) is 5.91. The van der Waals surface area contributed by atoms with Gasteiger partial charge in [-0.2, -0.15) is 0 Å². The maximum atomic E-state index is 10.3. The number of pyridine rings is 1. The molecule has 1 saturated heterocycles. The van der Waals surface area contributed by atoms with Gasteiger partial charge in [-0.25, -0.2) is 4.98 Å². The normalized spacial score (nSPS) is 16.2. The quantitative estimate of drug-likeness (QED) is 0.510. The summed E-state index contributed by atoms with van der Waals surface area (Å²) in [5.74, 6) is 2.54. The Balaban J connectivity index is 1.74. The van der Waals surface area contributed by atoms with Crippen molar-refractivity contribution in [3.05, 3.63) is 52.5 Å². The molecule has 176 valence electrons. The van der Waals surface area contributed by atoms with E-state index in [1.54, 1.807) is 21.3 Å². The number of nitrogens with one attached hydrogen (secondary N) is 1. The Bertz CT molecular complexity index is 1120. The van der Waals surface area contributed by atoms with E-state index < -0.39 is 0 Å². The van der Waals surface area contributed by atoms with Crippen molar-refractivity contribution in [2.45, 2.75) is 32.0 Å². The molecule has 3 aromatic rings. The number of nitrogens with zero attached hydrogens (tertiary/aromatic N) is 2. The zero-order valence-electron chi connectivity index (χ0n) is 19.2. The molecule has 2 N–H and O–H groups in total. The summed E-state index contributed by atoms with van der Waals surface area (Å²) in [6, 6.07) is 11.8. The molecule has 4 rings (SSSR count). The highest BCUT2D eigenvalue weighted by molar-refractivity contribution is 6.30. The van der Waals surface area contributed by atoms with Crippen molar-refractivity contribution in [2.24, 2.45) is 0 Å². The van der Waals surface area contributed by atoms with Gasteiger partial charge in [0.05, 0.1) is 33.0 Å². The summed E-state index contributed by atoms with van der Waals surface area (Å²) in [6.45, 7) is 2.67. The van der Waals surface area contributed by atoms with Gasteiger partial charge in [0.1, 0.15) is 5.82 Å². The molecule has 1 unspecified atom stereocenters. The Morgan fingerprint density at radius 1 is 1.09 bits per heavy atom. The summed E-state index contributed by atoms with van der Waals surface area (Å²) in [5, 5.41) is 15.3.